The molecule has 0 N–H and O–H groups in total. The fourth-order valence-corrected chi connectivity index (χ4v) is 4.17. The SMILES string of the molecule is Cc1ncc(S(=O)(=O)N(C)Cc2cccc(C#N)c2)s1. The first-order chi connectivity index (χ1) is 9.43. The first-order valence-electron chi connectivity index (χ1n) is 5.81. The number of rotatable bonds is 4. The lowest BCUT2D eigenvalue weighted by molar-refractivity contribution is 0.468. The van der Waals surface area contributed by atoms with Gasteiger partial charge in [-0.25, -0.2) is 13.4 Å². The highest BCUT2D eigenvalue weighted by molar-refractivity contribution is 7.91. The van der Waals surface area contributed by atoms with Crippen molar-refractivity contribution in [3.63, 3.8) is 0 Å². The monoisotopic (exact) mass is 307 g/mol. The van der Waals surface area contributed by atoms with E-state index in [-0.39, 0.29) is 10.8 Å². The van der Waals surface area contributed by atoms with Gasteiger partial charge < -0.3 is 0 Å². The molecule has 0 amide bonds. The Bertz CT molecular complexity index is 760. The van der Waals surface area contributed by atoms with E-state index >= 15 is 0 Å². The van der Waals surface area contributed by atoms with Crippen LogP contribution in [0.25, 0.3) is 0 Å². The highest BCUT2D eigenvalue weighted by Crippen LogP contribution is 2.22. The second-order valence-electron chi connectivity index (χ2n) is 4.27. The van der Waals surface area contributed by atoms with Crippen molar-refractivity contribution >= 4 is 21.4 Å². The van der Waals surface area contributed by atoms with E-state index in [1.54, 1.807) is 31.2 Å². The van der Waals surface area contributed by atoms with Gasteiger partial charge in [0, 0.05) is 13.6 Å². The van der Waals surface area contributed by atoms with Gasteiger partial charge in [-0.3, -0.25) is 0 Å². The zero-order valence-corrected chi connectivity index (χ0v) is 12.7. The van der Waals surface area contributed by atoms with E-state index in [0.717, 1.165) is 16.9 Å². The van der Waals surface area contributed by atoms with Crippen molar-refractivity contribution in [3.8, 4) is 6.07 Å². The average molecular weight is 307 g/mol. The molecule has 104 valence electrons. The molecule has 20 heavy (non-hydrogen) atoms. The molecular weight excluding hydrogens is 294 g/mol. The summed E-state index contributed by atoms with van der Waals surface area (Å²) < 4.78 is 26.2. The van der Waals surface area contributed by atoms with Gasteiger partial charge in [-0.2, -0.15) is 9.57 Å². The van der Waals surface area contributed by atoms with Gasteiger partial charge in [0.25, 0.3) is 10.0 Å². The maximum absolute atomic E-state index is 12.3. The van der Waals surface area contributed by atoms with Gasteiger partial charge in [0.2, 0.25) is 0 Å². The molecule has 0 atom stereocenters. The number of nitrogens with zero attached hydrogens (tertiary/aromatic N) is 3. The zero-order valence-electron chi connectivity index (χ0n) is 11.1. The fraction of sp³-hybridized carbons (Fsp3) is 0.231. The summed E-state index contributed by atoms with van der Waals surface area (Å²) in [7, 11) is -2.01. The van der Waals surface area contributed by atoms with E-state index in [4.69, 9.17) is 5.26 Å². The van der Waals surface area contributed by atoms with Gasteiger partial charge in [0.05, 0.1) is 22.8 Å². The van der Waals surface area contributed by atoms with Crippen LogP contribution < -0.4 is 0 Å². The molecule has 0 aliphatic heterocycles. The lowest BCUT2D eigenvalue weighted by atomic mass is 10.1. The molecule has 1 aromatic heterocycles. The zero-order chi connectivity index (χ0) is 14.8. The molecule has 7 heteroatoms. The molecular formula is C13H13N3O2S2. The Morgan fingerprint density at radius 1 is 1.45 bits per heavy atom. The van der Waals surface area contributed by atoms with E-state index in [9.17, 15) is 8.42 Å². The third kappa shape index (κ3) is 3.04. The van der Waals surface area contributed by atoms with Crippen molar-refractivity contribution in [1.29, 1.82) is 5.26 Å². The first-order valence-corrected chi connectivity index (χ1v) is 8.07. The topological polar surface area (TPSA) is 74.1 Å². The van der Waals surface area contributed by atoms with Gasteiger partial charge in [-0.1, -0.05) is 12.1 Å². The molecule has 0 aliphatic carbocycles. The Hall–Kier alpha value is -1.75. The minimum atomic E-state index is -3.53. The molecule has 0 saturated carbocycles. The lowest BCUT2D eigenvalue weighted by Gasteiger charge is -2.15. The molecule has 0 aliphatic rings. The second-order valence-corrected chi connectivity index (χ2v) is 7.78. The minimum absolute atomic E-state index is 0.217. The highest BCUT2D eigenvalue weighted by Gasteiger charge is 2.23. The summed E-state index contributed by atoms with van der Waals surface area (Å²) in [6, 6.07) is 8.95. The standard InChI is InChI=1S/C13H13N3O2S2/c1-10-15-8-13(19-10)20(17,18)16(2)9-12-5-3-4-11(6-12)7-14/h3-6,8H,9H2,1-2H3. The summed E-state index contributed by atoms with van der Waals surface area (Å²) in [5.41, 5.74) is 1.29. The Morgan fingerprint density at radius 2 is 2.20 bits per heavy atom. The summed E-state index contributed by atoms with van der Waals surface area (Å²) in [5, 5.41) is 9.56. The lowest BCUT2D eigenvalue weighted by Crippen LogP contribution is -2.25. The predicted molar refractivity (Wildman–Crippen MR) is 76.7 cm³/mol. The van der Waals surface area contributed by atoms with Crippen molar-refractivity contribution in [2.75, 3.05) is 7.05 Å². The number of thiazole rings is 1. The van der Waals surface area contributed by atoms with E-state index in [1.165, 1.54) is 17.5 Å². The molecule has 1 aromatic carbocycles. The number of hydrogen-bond donors (Lipinski definition) is 0. The quantitative estimate of drug-likeness (QED) is 0.867. The number of aromatic nitrogens is 1. The normalized spacial score (nSPS) is 11.5. The minimum Gasteiger partial charge on any atom is -0.249 e. The largest absolute Gasteiger partial charge is 0.254 e. The smallest absolute Gasteiger partial charge is 0.249 e. The van der Waals surface area contributed by atoms with Crippen molar-refractivity contribution < 1.29 is 8.42 Å². The summed E-state index contributed by atoms with van der Waals surface area (Å²) in [4.78, 5) is 3.97. The van der Waals surface area contributed by atoms with Crippen LogP contribution in [0.3, 0.4) is 0 Å². The molecule has 1 heterocycles. The van der Waals surface area contributed by atoms with E-state index in [2.05, 4.69) is 4.98 Å². The maximum Gasteiger partial charge on any atom is 0.254 e. The Morgan fingerprint density at radius 3 is 2.80 bits per heavy atom. The van der Waals surface area contributed by atoms with Gasteiger partial charge in [0.1, 0.15) is 0 Å². The van der Waals surface area contributed by atoms with Crippen molar-refractivity contribution in [2.45, 2.75) is 17.7 Å². The summed E-state index contributed by atoms with van der Waals surface area (Å²) in [6.07, 6.45) is 1.37. The number of sulfonamides is 1. The van der Waals surface area contributed by atoms with Gasteiger partial charge in [-0.05, 0) is 24.6 Å². The molecule has 0 unspecified atom stereocenters. The number of aryl methyl sites for hydroxylation is 1. The van der Waals surface area contributed by atoms with Gasteiger partial charge >= 0.3 is 0 Å². The van der Waals surface area contributed by atoms with Gasteiger partial charge in [-0.15, -0.1) is 11.3 Å². The second kappa shape index (κ2) is 5.71. The fourth-order valence-electron chi connectivity index (χ4n) is 1.70. The van der Waals surface area contributed by atoms with Gasteiger partial charge in [0.15, 0.2) is 4.21 Å². The number of hydrogen-bond acceptors (Lipinski definition) is 5. The maximum atomic E-state index is 12.3. The number of nitriles is 1. The van der Waals surface area contributed by atoms with Crippen molar-refractivity contribution in [2.24, 2.45) is 0 Å². The average Bonchev–Trinajstić information content (AvgIpc) is 2.86. The molecule has 5 nitrogen and oxygen atoms in total. The van der Waals surface area contributed by atoms with Crippen LogP contribution in [0.15, 0.2) is 34.7 Å². The molecule has 0 fully saturated rings. The van der Waals surface area contributed by atoms with Crippen LogP contribution in [0.1, 0.15) is 16.1 Å². The van der Waals surface area contributed by atoms with E-state index < -0.39 is 10.0 Å². The third-order valence-electron chi connectivity index (χ3n) is 2.73. The van der Waals surface area contributed by atoms with Crippen molar-refractivity contribution in [3.05, 3.63) is 46.6 Å². The van der Waals surface area contributed by atoms with Crippen LogP contribution in [-0.4, -0.2) is 24.8 Å². The molecule has 0 bridgehead atoms. The summed E-state index contributed by atoms with van der Waals surface area (Å²) in [5.74, 6) is 0. The van der Waals surface area contributed by atoms with Crippen LogP contribution in [0, 0.1) is 18.3 Å². The predicted octanol–water partition coefficient (Wildman–Crippen LogP) is 2.14. The van der Waals surface area contributed by atoms with Crippen LogP contribution in [-0.2, 0) is 16.6 Å². The van der Waals surface area contributed by atoms with Crippen LogP contribution >= 0.6 is 11.3 Å². The molecule has 0 radical (unpaired) electrons. The van der Waals surface area contributed by atoms with E-state index in [1.807, 2.05) is 6.07 Å². The highest BCUT2D eigenvalue weighted by atomic mass is 32.2. The Labute approximate surface area is 122 Å². The van der Waals surface area contributed by atoms with Crippen LogP contribution in [0.4, 0.5) is 0 Å². The Balaban J connectivity index is 2.23. The molecule has 0 spiro atoms. The summed E-state index contributed by atoms with van der Waals surface area (Å²) >= 11 is 1.15. The van der Waals surface area contributed by atoms with E-state index in [0.29, 0.717) is 10.6 Å². The third-order valence-corrected chi connectivity index (χ3v) is 5.88. The summed E-state index contributed by atoms with van der Waals surface area (Å²) in [6.45, 7) is 1.98. The van der Waals surface area contributed by atoms with Crippen LogP contribution in [0.2, 0.25) is 0 Å². The molecule has 2 rings (SSSR count). The molecule has 0 saturated heterocycles. The van der Waals surface area contributed by atoms with Crippen molar-refractivity contribution in [1.82, 2.24) is 9.29 Å². The van der Waals surface area contributed by atoms with Crippen LogP contribution in [0.5, 0.6) is 0 Å². The first kappa shape index (κ1) is 14.7. The molecule has 2 aromatic rings. The Kier molecular flexibility index (Phi) is 4.18. The number of benzene rings is 1.